The summed E-state index contributed by atoms with van der Waals surface area (Å²) in [6, 6.07) is 11.8. The van der Waals surface area contributed by atoms with E-state index in [1.54, 1.807) is 17.0 Å². The zero-order chi connectivity index (χ0) is 21.3. The number of amides is 2. The molecule has 1 aliphatic rings. The third-order valence-electron chi connectivity index (χ3n) is 4.79. The highest BCUT2D eigenvalue weighted by atomic mass is 127. The van der Waals surface area contributed by atoms with E-state index in [1.807, 2.05) is 30.4 Å². The van der Waals surface area contributed by atoms with E-state index in [0.29, 0.717) is 25.2 Å². The van der Waals surface area contributed by atoms with Gasteiger partial charge in [-0.3, -0.25) is 9.59 Å². The first-order chi connectivity index (χ1) is 14.6. The summed E-state index contributed by atoms with van der Waals surface area (Å²) in [4.78, 5) is 32.9. The van der Waals surface area contributed by atoms with Crippen LogP contribution < -0.4 is 16.0 Å². The number of halogens is 1. The Hall–Kier alpha value is -2.14. The summed E-state index contributed by atoms with van der Waals surface area (Å²) in [6.45, 7) is 7.41. The van der Waals surface area contributed by atoms with Gasteiger partial charge in [0.25, 0.3) is 5.91 Å². The maximum absolute atomic E-state index is 12.6. The number of hydrogen-bond donors (Lipinski definition) is 3. The summed E-state index contributed by atoms with van der Waals surface area (Å²) >= 11 is 1.82. The molecule has 0 unspecified atom stereocenters. The second-order valence-corrected chi connectivity index (χ2v) is 8.30. The Morgan fingerprint density at radius 1 is 1.13 bits per heavy atom. The van der Waals surface area contributed by atoms with Crippen LogP contribution in [-0.2, 0) is 24.3 Å². The Balaban J connectivity index is 0.00000341. The highest BCUT2D eigenvalue weighted by Crippen LogP contribution is 2.16. The fraction of sp³-hybridized carbons (Fsp3) is 0.409. The van der Waals surface area contributed by atoms with Gasteiger partial charge in [0.2, 0.25) is 5.91 Å². The molecule has 0 spiro atoms. The van der Waals surface area contributed by atoms with Gasteiger partial charge in [0.15, 0.2) is 5.96 Å². The van der Waals surface area contributed by atoms with E-state index in [-0.39, 0.29) is 42.3 Å². The van der Waals surface area contributed by atoms with Crippen molar-refractivity contribution in [3.63, 3.8) is 0 Å². The lowest BCUT2D eigenvalue weighted by Gasteiger charge is -2.26. The van der Waals surface area contributed by atoms with Crippen LogP contribution in [0.4, 0.5) is 0 Å². The first-order valence-electron chi connectivity index (χ1n) is 10.3. The summed E-state index contributed by atoms with van der Waals surface area (Å²) in [5.41, 5.74) is 1.61. The monoisotopic (exact) mass is 555 g/mol. The Bertz CT molecular complexity index is 898. The molecule has 1 aromatic carbocycles. The van der Waals surface area contributed by atoms with Crippen molar-refractivity contribution in [2.75, 3.05) is 26.2 Å². The molecule has 0 saturated carbocycles. The van der Waals surface area contributed by atoms with Gasteiger partial charge in [0.1, 0.15) is 0 Å². The van der Waals surface area contributed by atoms with Gasteiger partial charge in [0.05, 0.1) is 19.6 Å². The van der Waals surface area contributed by atoms with Gasteiger partial charge in [-0.2, -0.15) is 0 Å². The summed E-state index contributed by atoms with van der Waals surface area (Å²) < 4.78 is 0. The third-order valence-corrected chi connectivity index (χ3v) is 6.02. The fourth-order valence-electron chi connectivity index (χ4n) is 3.14. The van der Waals surface area contributed by atoms with Crippen molar-refractivity contribution in [1.82, 2.24) is 20.9 Å². The largest absolute Gasteiger partial charge is 0.357 e. The third kappa shape index (κ3) is 7.49. The molecule has 7 nitrogen and oxygen atoms in total. The van der Waals surface area contributed by atoms with Gasteiger partial charge in [-0.15, -0.1) is 35.3 Å². The molecule has 2 aromatic rings. The average molecular weight is 555 g/mol. The second kappa shape index (κ2) is 12.7. The SMILES string of the molecule is CCNC(=NCc1ccc(C(=O)N2CCNC(=O)C2)cc1)NCc1ccc(CC)s1.I. The van der Waals surface area contributed by atoms with Gasteiger partial charge in [-0.25, -0.2) is 4.99 Å². The Morgan fingerprint density at radius 3 is 2.52 bits per heavy atom. The number of nitrogens with zero attached hydrogens (tertiary/aromatic N) is 2. The van der Waals surface area contributed by atoms with Gasteiger partial charge in [-0.1, -0.05) is 19.1 Å². The predicted octanol–water partition coefficient (Wildman–Crippen LogP) is 2.76. The number of aliphatic imine (C=N–C) groups is 1. The Morgan fingerprint density at radius 2 is 1.87 bits per heavy atom. The number of carbonyl (C=O) groups is 2. The minimum atomic E-state index is -0.114. The van der Waals surface area contributed by atoms with Crippen LogP contribution in [0.2, 0.25) is 0 Å². The average Bonchev–Trinajstić information content (AvgIpc) is 3.24. The molecule has 3 rings (SSSR count). The van der Waals surface area contributed by atoms with Crippen molar-refractivity contribution in [3.8, 4) is 0 Å². The summed E-state index contributed by atoms with van der Waals surface area (Å²) in [6.07, 6.45) is 1.06. The molecule has 2 heterocycles. The summed E-state index contributed by atoms with van der Waals surface area (Å²) in [5.74, 6) is 0.540. The number of piperazine rings is 1. The molecule has 1 aromatic heterocycles. The molecular weight excluding hydrogens is 525 g/mol. The number of aryl methyl sites for hydroxylation is 1. The minimum absolute atomic E-state index is 0. The molecule has 1 fully saturated rings. The van der Waals surface area contributed by atoms with Gasteiger partial charge < -0.3 is 20.9 Å². The van der Waals surface area contributed by atoms with Crippen LogP contribution in [0.5, 0.6) is 0 Å². The lowest BCUT2D eigenvalue weighted by Crippen LogP contribution is -2.49. The van der Waals surface area contributed by atoms with E-state index in [0.717, 1.165) is 31.0 Å². The first kappa shape index (κ1) is 25.1. The molecule has 1 aliphatic heterocycles. The summed E-state index contributed by atoms with van der Waals surface area (Å²) in [5, 5.41) is 9.37. The number of benzene rings is 1. The van der Waals surface area contributed by atoms with E-state index in [4.69, 9.17) is 0 Å². The normalized spacial score (nSPS) is 13.9. The molecule has 2 amide bonds. The van der Waals surface area contributed by atoms with Crippen molar-refractivity contribution in [1.29, 1.82) is 0 Å². The number of nitrogens with one attached hydrogen (secondary N) is 3. The van der Waals surface area contributed by atoms with Crippen molar-refractivity contribution in [3.05, 3.63) is 57.3 Å². The fourth-order valence-corrected chi connectivity index (χ4v) is 4.04. The van der Waals surface area contributed by atoms with Crippen molar-refractivity contribution >= 4 is 53.1 Å². The van der Waals surface area contributed by atoms with Crippen LogP contribution in [0.1, 0.15) is 39.5 Å². The molecule has 168 valence electrons. The molecule has 1 saturated heterocycles. The molecular formula is C22H30IN5O2S. The van der Waals surface area contributed by atoms with E-state index < -0.39 is 0 Å². The Labute approximate surface area is 204 Å². The number of guanidine groups is 1. The number of rotatable bonds is 7. The standard InChI is InChI=1S/C22H29N5O2S.HI/c1-3-18-9-10-19(30-18)14-26-22(23-4-2)25-13-16-5-7-17(8-6-16)21(29)27-12-11-24-20(28)15-27;/h5-10H,3-4,11-15H2,1-2H3,(H,24,28)(H2,23,25,26);1H. The topological polar surface area (TPSA) is 85.8 Å². The van der Waals surface area contributed by atoms with Gasteiger partial charge >= 0.3 is 0 Å². The molecule has 0 aliphatic carbocycles. The second-order valence-electron chi connectivity index (χ2n) is 7.04. The molecule has 0 atom stereocenters. The zero-order valence-corrected chi connectivity index (χ0v) is 21.1. The van der Waals surface area contributed by atoms with Crippen molar-refractivity contribution in [2.45, 2.75) is 33.4 Å². The predicted molar refractivity (Wildman–Crippen MR) is 136 cm³/mol. The Kier molecular flexibility index (Phi) is 10.3. The maximum Gasteiger partial charge on any atom is 0.254 e. The lowest BCUT2D eigenvalue weighted by molar-refractivity contribution is -0.123. The van der Waals surface area contributed by atoms with E-state index in [9.17, 15) is 9.59 Å². The van der Waals surface area contributed by atoms with E-state index in [1.165, 1.54) is 9.75 Å². The number of carbonyl (C=O) groups excluding carboxylic acids is 2. The van der Waals surface area contributed by atoms with Gasteiger partial charge in [0, 0.05) is 35.0 Å². The molecule has 3 N–H and O–H groups in total. The van der Waals surface area contributed by atoms with Crippen molar-refractivity contribution < 1.29 is 9.59 Å². The van der Waals surface area contributed by atoms with Gasteiger partial charge in [-0.05, 0) is 43.2 Å². The first-order valence-corrected chi connectivity index (χ1v) is 11.2. The smallest absolute Gasteiger partial charge is 0.254 e. The van der Waals surface area contributed by atoms with Crippen LogP contribution in [-0.4, -0.2) is 48.9 Å². The minimum Gasteiger partial charge on any atom is -0.357 e. The molecule has 0 radical (unpaired) electrons. The number of thiophene rings is 1. The van der Waals surface area contributed by atoms with Crippen LogP contribution in [0, 0.1) is 0 Å². The number of hydrogen-bond acceptors (Lipinski definition) is 4. The van der Waals surface area contributed by atoms with E-state index in [2.05, 4.69) is 40.0 Å². The van der Waals surface area contributed by atoms with E-state index >= 15 is 0 Å². The molecule has 9 heteroatoms. The highest BCUT2D eigenvalue weighted by molar-refractivity contribution is 14.0. The quantitative estimate of drug-likeness (QED) is 0.279. The van der Waals surface area contributed by atoms with Crippen LogP contribution in [0.15, 0.2) is 41.4 Å². The molecule has 31 heavy (non-hydrogen) atoms. The van der Waals surface area contributed by atoms with Crippen molar-refractivity contribution in [2.24, 2.45) is 4.99 Å². The van der Waals surface area contributed by atoms with Crippen LogP contribution >= 0.6 is 35.3 Å². The zero-order valence-electron chi connectivity index (χ0n) is 17.9. The maximum atomic E-state index is 12.6. The molecule has 0 bridgehead atoms. The van der Waals surface area contributed by atoms with Crippen LogP contribution in [0.3, 0.4) is 0 Å². The summed E-state index contributed by atoms with van der Waals surface area (Å²) in [7, 11) is 0. The highest BCUT2D eigenvalue weighted by Gasteiger charge is 2.22. The lowest BCUT2D eigenvalue weighted by atomic mass is 10.1. The van der Waals surface area contributed by atoms with Crippen LogP contribution in [0.25, 0.3) is 0 Å².